The minimum absolute atomic E-state index is 0.0458. The fourth-order valence-corrected chi connectivity index (χ4v) is 4.56. The molecule has 0 saturated carbocycles. The number of ether oxygens (including phenoxy) is 1. The molecular formula is C26H31F4N5O3. The van der Waals surface area contributed by atoms with Gasteiger partial charge in [-0.15, -0.1) is 5.10 Å². The summed E-state index contributed by atoms with van der Waals surface area (Å²) in [5.41, 5.74) is -2.45. The molecule has 1 aliphatic heterocycles. The van der Waals surface area contributed by atoms with Gasteiger partial charge in [0, 0.05) is 24.2 Å². The summed E-state index contributed by atoms with van der Waals surface area (Å²) < 4.78 is 62.8. The van der Waals surface area contributed by atoms with E-state index in [1.165, 1.54) is 31.5 Å². The minimum Gasteiger partial charge on any atom is -0.477 e. The average Bonchev–Trinajstić information content (AvgIpc) is 3.26. The van der Waals surface area contributed by atoms with Crippen LogP contribution in [-0.4, -0.2) is 57.3 Å². The Labute approximate surface area is 217 Å². The van der Waals surface area contributed by atoms with E-state index < -0.39 is 41.1 Å². The highest BCUT2D eigenvalue weighted by molar-refractivity contribution is 5.77. The number of carbonyl (C=O) groups excluding carboxylic acids is 1. The standard InChI is InChI=1S/C26H31F4N5O3/c1-17(2)31-23(36)16-34-22(19-13-18(26(28,29)30)7-8-20(19)27)15-35-21(25(34)37)14-24(32-35)38-12-6-11-33-9-4-3-5-10-33/h7-8,13-15,17H,3-6,9-12,16H2,1-2H3,(H,31,36). The number of piperidine rings is 1. The number of nitrogens with one attached hydrogen (secondary N) is 1. The number of amides is 1. The van der Waals surface area contributed by atoms with E-state index in [0.29, 0.717) is 24.8 Å². The van der Waals surface area contributed by atoms with E-state index in [1.54, 1.807) is 13.8 Å². The summed E-state index contributed by atoms with van der Waals surface area (Å²) in [6, 6.07) is 3.09. The Morgan fingerprint density at radius 3 is 2.58 bits per heavy atom. The highest BCUT2D eigenvalue weighted by Gasteiger charge is 2.32. The normalized spacial score (nSPS) is 14.8. The molecule has 1 fully saturated rings. The van der Waals surface area contributed by atoms with E-state index >= 15 is 0 Å². The van der Waals surface area contributed by atoms with Crippen molar-refractivity contribution in [1.82, 2.24) is 24.4 Å². The van der Waals surface area contributed by atoms with Gasteiger partial charge in [0.2, 0.25) is 11.8 Å². The van der Waals surface area contributed by atoms with Crippen molar-refractivity contribution in [3.8, 4) is 17.1 Å². The Balaban J connectivity index is 1.67. The van der Waals surface area contributed by atoms with Crippen LogP contribution in [0.25, 0.3) is 16.8 Å². The summed E-state index contributed by atoms with van der Waals surface area (Å²) in [4.78, 5) is 28.3. The second-order valence-electron chi connectivity index (χ2n) is 9.74. The van der Waals surface area contributed by atoms with Crippen molar-refractivity contribution in [2.45, 2.75) is 58.3 Å². The molecule has 0 radical (unpaired) electrons. The molecule has 3 heterocycles. The zero-order chi connectivity index (χ0) is 27.4. The third-order valence-corrected chi connectivity index (χ3v) is 6.35. The van der Waals surface area contributed by atoms with Crippen molar-refractivity contribution in [1.29, 1.82) is 0 Å². The van der Waals surface area contributed by atoms with Gasteiger partial charge in [-0.3, -0.25) is 14.2 Å². The molecule has 38 heavy (non-hydrogen) atoms. The highest BCUT2D eigenvalue weighted by Crippen LogP contribution is 2.33. The number of hydrogen-bond acceptors (Lipinski definition) is 5. The zero-order valence-electron chi connectivity index (χ0n) is 21.4. The summed E-state index contributed by atoms with van der Waals surface area (Å²) in [5, 5.41) is 6.87. The van der Waals surface area contributed by atoms with Crippen molar-refractivity contribution in [3.05, 3.63) is 52.2 Å². The molecule has 1 aromatic carbocycles. The second-order valence-corrected chi connectivity index (χ2v) is 9.74. The summed E-state index contributed by atoms with van der Waals surface area (Å²) in [7, 11) is 0. The number of rotatable bonds is 9. The summed E-state index contributed by atoms with van der Waals surface area (Å²) >= 11 is 0. The molecule has 206 valence electrons. The van der Waals surface area contributed by atoms with E-state index in [0.717, 1.165) is 35.1 Å². The van der Waals surface area contributed by atoms with Gasteiger partial charge >= 0.3 is 6.18 Å². The van der Waals surface area contributed by atoms with Crippen molar-refractivity contribution < 1.29 is 27.1 Å². The van der Waals surface area contributed by atoms with Crippen LogP contribution in [0.1, 0.15) is 45.1 Å². The minimum atomic E-state index is -4.73. The van der Waals surface area contributed by atoms with Gasteiger partial charge < -0.3 is 15.0 Å². The van der Waals surface area contributed by atoms with Gasteiger partial charge in [0.15, 0.2) is 0 Å². The van der Waals surface area contributed by atoms with Gasteiger partial charge in [0.25, 0.3) is 5.56 Å². The number of benzene rings is 1. The molecule has 1 amide bonds. The molecule has 0 bridgehead atoms. The summed E-state index contributed by atoms with van der Waals surface area (Å²) in [5.74, 6) is -1.37. The van der Waals surface area contributed by atoms with Crippen LogP contribution in [0.15, 0.2) is 35.3 Å². The topological polar surface area (TPSA) is 80.9 Å². The molecule has 0 aliphatic carbocycles. The van der Waals surface area contributed by atoms with Crippen LogP contribution in [-0.2, 0) is 17.5 Å². The maximum Gasteiger partial charge on any atom is 0.416 e. The lowest BCUT2D eigenvalue weighted by Gasteiger charge is -2.26. The SMILES string of the molecule is CC(C)NC(=O)Cn1c(-c2cc(C(F)(F)F)ccc2F)cn2nc(OCCCN3CCCCC3)cc2c1=O. The average molecular weight is 538 g/mol. The molecule has 12 heteroatoms. The number of nitrogens with zero attached hydrogens (tertiary/aromatic N) is 4. The van der Waals surface area contributed by atoms with Gasteiger partial charge in [-0.2, -0.15) is 13.2 Å². The first kappa shape index (κ1) is 27.6. The van der Waals surface area contributed by atoms with Crippen LogP contribution in [0.5, 0.6) is 5.88 Å². The number of aromatic nitrogens is 3. The Morgan fingerprint density at radius 2 is 1.89 bits per heavy atom. The maximum atomic E-state index is 14.8. The molecule has 3 aromatic rings. The van der Waals surface area contributed by atoms with Crippen LogP contribution >= 0.6 is 0 Å². The molecule has 1 saturated heterocycles. The zero-order valence-corrected chi connectivity index (χ0v) is 21.4. The van der Waals surface area contributed by atoms with Crippen molar-refractivity contribution in [2.24, 2.45) is 0 Å². The molecule has 8 nitrogen and oxygen atoms in total. The molecule has 0 unspecified atom stereocenters. The number of fused-ring (bicyclic) bond motifs is 1. The molecule has 1 aliphatic rings. The predicted molar refractivity (Wildman–Crippen MR) is 134 cm³/mol. The fourth-order valence-electron chi connectivity index (χ4n) is 4.56. The van der Waals surface area contributed by atoms with Gasteiger partial charge in [-0.1, -0.05) is 6.42 Å². The first-order valence-corrected chi connectivity index (χ1v) is 12.7. The third kappa shape index (κ3) is 6.53. The Bertz CT molecular complexity index is 1340. The molecular weight excluding hydrogens is 506 g/mol. The second kappa shape index (κ2) is 11.5. The molecule has 0 atom stereocenters. The Kier molecular flexibility index (Phi) is 8.39. The molecule has 0 spiro atoms. The number of likely N-dealkylation sites (tertiary alicyclic amines) is 1. The first-order chi connectivity index (χ1) is 18.0. The van der Waals surface area contributed by atoms with Gasteiger partial charge in [0.1, 0.15) is 17.9 Å². The van der Waals surface area contributed by atoms with Crippen molar-refractivity contribution in [2.75, 3.05) is 26.2 Å². The largest absolute Gasteiger partial charge is 0.477 e. The monoisotopic (exact) mass is 537 g/mol. The van der Waals surface area contributed by atoms with E-state index in [4.69, 9.17) is 4.74 Å². The highest BCUT2D eigenvalue weighted by atomic mass is 19.4. The Morgan fingerprint density at radius 1 is 1.16 bits per heavy atom. The fraction of sp³-hybridized carbons (Fsp3) is 0.500. The smallest absolute Gasteiger partial charge is 0.416 e. The van der Waals surface area contributed by atoms with E-state index in [2.05, 4.69) is 15.3 Å². The molecule has 2 aromatic heterocycles. The van der Waals surface area contributed by atoms with Crippen LogP contribution < -0.4 is 15.6 Å². The van der Waals surface area contributed by atoms with E-state index in [1.807, 2.05) is 0 Å². The predicted octanol–water partition coefficient (Wildman–Crippen LogP) is 4.10. The Hall–Kier alpha value is -3.41. The first-order valence-electron chi connectivity index (χ1n) is 12.7. The maximum absolute atomic E-state index is 14.8. The lowest BCUT2D eigenvalue weighted by Crippen LogP contribution is -2.37. The number of alkyl halides is 3. The van der Waals surface area contributed by atoms with Crippen molar-refractivity contribution >= 4 is 11.4 Å². The van der Waals surface area contributed by atoms with E-state index in [-0.39, 0.29) is 23.1 Å². The summed E-state index contributed by atoms with van der Waals surface area (Å²) in [6.07, 6.45) is 0.880. The van der Waals surface area contributed by atoms with Gasteiger partial charge in [0.05, 0.1) is 24.1 Å². The lowest BCUT2D eigenvalue weighted by molar-refractivity contribution is -0.137. The van der Waals surface area contributed by atoms with Gasteiger partial charge in [-0.05, 0) is 64.4 Å². The van der Waals surface area contributed by atoms with Crippen LogP contribution in [0, 0.1) is 5.82 Å². The van der Waals surface area contributed by atoms with E-state index in [9.17, 15) is 27.2 Å². The number of hydrogen-bond donors (Lipinski definition) is 1. The van der Waals surface area contributed by atoms with Crippen molar-refractivity contribution in [3.63, 3.8) is 0 Å². The quantitative estimate of drug-likeness (QED) is 0.329. The van der Waals surface area contributed by atoms with Crippen LogP contribution in [0.2, 0.25) is 0 Å². The van der Waals surface area contributed by atoms with Crippen LogP contribution in [0.4, 0.5) is 17.6 Å². The number of carbonyl (C=O) groups is 1. The van der Waals surface area contributed by atoms with Crippen LogP contribution in [0.3, 0.4) is 0 Å². The number of halogens is 4. The molecule has 1 N–H and O–H groups in total. The third-order valence-electron chi connectivity index (χ3n) is 6.35. The van der Waals surface area contributed by atoms with Gasteiger partial charge in [-0.25, -0.2) is 8.91 Å². The molecule has 4 rings (SSSR count). The lowest BCUT2D eigenvalue weighted by atomic mass is 10.1. The summed E-state index contributed by atoms with van der Waals surface area (Å²) in [6.45, 7) is 6.30.